The van der Waals surface area contributed by atoms with Crippen molar-refractivity contribution >= 4 is 0 Å². The van der Waals surface area contributed by atoms with Gasteiger partial charge >= 0.3 is 26.2 Å². The first-order valence-electron chi connectivity index (χ1n) is 8.11. The van der Waals surface area contributed by atoms with Gasteiger partial charge in [0.1, 0.15) is 0 Å². The van der Waals surface area contributed by atoms with E-state index in [1.807, 2.05) is 60.7 Å². The third kappa shape index (κ3) is 9.11. The number of rotatable bonds is 4. The Balaban J connectivity index is 0.000000393. The largest absolute Gasteiger partial charge is 4.00 e. The molecular weight excluding hydrogens is 375 g/mol. The van der Waals surface area contributed by atoms with Crippen molar-refractivity contribution in [1.82, 2.24) is 0 Å². The minimum absolute atomic E-state index is 0. The Morgan fingerprint density at radius 2 is 1.17 bits per heavy atom. The molecule has 1 fully saturated rings. The van der Waals surface area contributed by atoms with Crippen molar-refractivity contribution in [1.29, 1.82) is 0 Å². The van der Waals surface area contributed by atoms with Gasteiger partial charge in [-0.1, -0.05) is 12.8 Å². The third-order valence-electron chi connectivity index (χ3n) is 4.07. The van der Waals surface area contributed by atoms with Gasteiger partial charge in [-0.2, -0.15) is 48.2 Å². The van der Waals surface area contributed by atoms with E-state index in [0.717, 1.165) is 26.1 Å². The second kappa shape index (κ2) is 13.8. The molecule has 2 nitrogen and oxygen atoms in total. The second-order valence-corrected chi connectivity index (χ2v) is 6.22. The summed E-state index contributed by atoms with van der Waals surface area (Å²) in [7, 11) is 3.48. The van der Waals surface area contributed by atoms with Crippen LogP contribution in [0.4, 0.5) is 0 Å². The van der Waals surface area contributed by atoms with Crippen molar-refractivity contribution in [3.8, 4) is 0 Å². The predicted octanol–water partition coefficient (Wildman–Crippen LogP) is 4.77. The summed E-state index contributed by atoms with van der Waals surface area (Å²) in [5.74, 6) is 0.899. The molecule has 0 unspecified atom stereocenters. The van der Waals surface area contributed by atoms with Gasteiger partial charge in [-0.15, -0.1) is 0 Å². The standard InChI is InChI=1S/C11H20O2.2C5H5.Zr/c1-9-5-11(7-12-3,8-13-4)6-10(9)2;2*1-2-4-5-3-1;/h9-10H,1-2,5-8H2,3-4H3;2*1-5H;/q-2;2*-1;+4/t9-,10-;;;/m0.../s1. The fraction of sp³-hybridized carbons (Fsp3) is 0.429. The van der Waals surface area contributed by atoms with Crippen molar-refractivity contribution in [3.63, 3.8) is 0 Å². The van der Waals surface area contributed by atoms with E-state index < -0.39 is 0 Å². The molecule has 1 aliphatic carbocycles. The molecule has 130 valence electrons. The van der Waals surface area contributed by atoms with Crippen LogP contribution in [-0.2, 0) is 35.7 Å². The second-order valence-electron chi connectivity index (χ2n) is 6.22. The van der Waals surface area contributed by atoms with E-state index in [1.54, 1.807) is 14.2 Å². The van der Waals surface area contributed by atoms with Gasteiger partial charge < -0.3 is 23.3 Å². The average molecular weight is 406 g/mol. The molecule has 3 rings (SSSR count). The Morgan fingerprint density at radius 1 is 0.833 bits per heavy atom. The molecule has 0 aliphatic heterocycles. The van der Waals surface area contributed by atoms with Crippen LogP contribution in [0.2, 0.25) is 0 Å². The van der Waals surface area contributed by atoms with E-state index in [1.165, 1.54) is 0 Å². The van der Waals surface area contributed by atoms with Gasteiger partial charge in [0.15, 0.2) is 0 Å². The zero-order valence-electron chi connectivity index (χ0n) is 15.0. The Morgan fingerprint density at radius 3 is 1.38 bits per heavy atom. The van der Waals surface area contributed by atoms with Crippen LogP contribution in [0.5, 0.6) is 0 Å². The first-order chi connectivity index (χ1) is 11.1. The Bertz CT molecular complexity index is 371. The van der Waals surface area contributed by atoms with E-state index in [9.17, 15) is 0 Å². The topological polar surface area (TPSA) is 18.5 Å². The molecule has 0 bridgehead atoms. The molecule has 0 amide bonds. The van der Waals surface area contributed by atoms with Crippen LogP contribution in [0.1, 0.15) is 12.8 Å². The van der Waals surface area contributed by atoms with Crippen LogP contribution in [0.15, 0.2) is 60.7 Å². The molecule has 2 atom stereocenters. The van der Waals surface area contributed by atoms with Crippen molar-refractivity contribution in [3.05, 3.63) is 74.5 Å². The van der Waals surface area contributed by atoms with Gasteiger partial charge in [-0.25, -0.2) is 24.3 Å². The van der Waals surface area contributed by atoms with E-state index in [0.29, 0.717) is 11.8 Å². The maximum Gasteiger partial charge on any atom is 4.00 e. The maximum atomic E-state index is 5.24. The summed E-state index contributed by atoms with van der Waals surface area (Å²) in [6.07, 6.45) is 2.14. The van der Waals surface area contributed by atoms with E-state index >= 15 is 0 Å². The van der Waals surface area contributed by atoms with Crippen molar-refractivity contribution < 1.29 is 35.7 Å². The maximum absolute atomic E-state index is 5.24. The fourth-order valence-electron chi connectivity index (χ4n) is 3.06. The summed E-state index contributed by atoms with van der Waals surface area (Å²) in [5.41, 5.74) is 0.169. The van der Waals surface area contributed by atoms with Gasteiger partial charge in [0.25, 0.3) is 0 Å². The van der Waals surface area contributed by atoms with Gasteiger partial charge in [0.2, 0.25) is 0 Å². The van der Waals surface area contributed by atoms with Crippen LogP contribution < -0.4 is 0 Å². The Kier molecular flexibility index (Phi) is 13.5. The summed E-state index contributed by atoms with van der Waals surface area (Å²) < 4.78 is 10.5. The average Bonchev–Trinajstić information content (AvgIpc) is 3.27. The normalized spacial score (nSPS) is 20.8. The van der Waals surface area contributed by atoms with E-state index in [-0.39, 0.29) is 31.6 Å². The minimum Gasteiger partial charge on any atom is -0.384 e. The molecule has 24 heavy (non-hydrogen) atoms. The zero-order chi connectivity index (χ0) is 17.0. The van der Waals surface area contributed by atoms with E-state index in [2.05, 4.69) is 13.8 Å². The quantitative estimate of drug-likeness (QED) is 0.682. The molecule has 2 aromatic rings. The number of ether oxygens (including phenoxy) is 2. The van der Waals surface area contributed by atoms with Crippen LogP contribution in [0, 0.1) is 31.1 Å². The zero-order valence-corrected chi connectivity index (χ0v) is 17.4. The third-order valence-corrected chi connectivity index (χ3v) is 4.07. The van der Waals surface area contributed by atoms with Crippen LogP contribution in [0.25, 0.3) is 0 Å². The summed E-state index contributed by atoms with van der Waals surface area (Å²) in [5, 5.41) is 0. The molecular formula is C21H30O2Zr. The number of hydrogen-bond acceptors (Lipinski definition) is 2. The number of hydrogen-bond donors (Lipinski definition) is 0. The Labute approximate surface area is 167 Å². The summed E-state index contributed by atoms with van der Waals surface area (Å²) >= 11 is 0. The molecule has 1 saturated carbocycles. The number of methoxy groups -OCH3 is 2. The molecule has 0 aromatic heterocycles. The fourth-order valence-corrected chi connectivity index (χ4v) is 3.06. The summed E-state index contributed by atoms with van der Waals surface area (Å²) in [4.78, 5) is 0. The molecule has 0 spiro atoms. The molecule has 0 N–H and O–H groups in total. The van der Waals surface area contributed by atoms with Gasteiger partial charge in [0.05, 0.1) is 13.2 Å². The molecule has 0 saturated heterocycles. The van der Waals surface area contributed by atoms with Crippen LogP contribution >= 0.6 is 0 Å². The molecule has 0 heterocycles. The SMILES string of the molecule is [CH2-][C@H]1CC(COC)(COC)C[C@@H]1[CH2-].[Zr+4].c1cc[cH-]c1.c1cc[cH-]c1. The molecule has 0 radical (unpaired) electrons. The minimum atomic E-state index is 0. The van der Waals surface area contributed by atoms with Gasteiger partial charge in [0, 0.05) is 19.6 Å². The molecule has 1 aliphatic rings. The van der Waals surface area contributed by atoms with Gasteiger partial charge in [-0.05, 0) is 0 Å². The van der Waals surface area contributed by atoms with E-state index in [4.69, 9.17) is 9.47 Å². The van der Waals surface area contributed by atoms with Gasteiger partial charge in [-0.3, -0.25) is 0 Å². The molecule has 2 aromatic carbocycles. The van der Waals surface area contributed by atoms with Crippen molar-refractivity contribution in [2.24, 2.45) is 17.3 Å². The first-order valence-corrected chi connectivity index (χ1v) is 8.11. The first kappa shape index (κ1) is 23.5. The summed E-state index contributed by atoms with van der Waals surface area (Å²) in [6.45, 7) is 9.73. The van der Waals surface area contributed by atoms with Crippen molar-refractivity contribution in [2.45, 2.75) is 12.8 Å². The summed E-state index contributed by atoms with van der Waals surface area (Å²) in [6, 6.07) is 20.0. The van der Waals surface area contributed by atoms with Crippen LogP contribution in [0.3, 0.4) is 0 Å². The predicted molar refractivity (Wildman–Crippen MR) is 97.2 cm³/mol. The van der Waals surface area contributed by atoms with Crippen molar-refractivity contribution in [2.75, 3.05) is 27.4 Å². The van der Waals surface area contributed by atoms with Crippen LogP contribution in [-0.4, -0.2) is 27.4 Å². The molecule has 3 heteroatoms. The smallest absolute Gasteiger partial charge is 0.384 e. The Hall–Kier alpha value is -0.497. The monoisotopic (exact) mass is 404 g/mol.